The van der Waals surface area contributed by atoms with Crippen molar-refractivity contribution in [2.45, 2.75) is 13.0 Å². The summed E-state index contributed by atoms with van der Waals surface area (Å²) in [6, 6.07) is 15.1. The number of ketones is 1. The van der Waals surface area contributed by atoms with Crippen molar-refractivity contribution in [2.75, 3.05) is 6.61 Å². The SMILES string of the molecule is O=C(CO)c1ccc2ncn(CCc3cccc(-c4c(F)cccc4F)c3)c(=O)c2c1. The molecule has 1 heterocycles. The van der Waals surface area contributed by atoms with Gasteiger partial charge in [0.25, 0.3) is 5.56 Å². The van der Waals surface area contributed by atoms with Crippen molar-refractivity contribution in [1.82, 2.24) is 9.55 Å². The lowest BCUT2D eigenvalue weighted by atomic mass is 10.0. The fraction of sp³-hybridized carbons (Fsp3) is 0.125. The van der Waals surface area contributed by atoms with E-state index >= 15 is 0 Å². The highest BCUT2D eigenvalue weighted by Crippen LogP contribution is 2.26. The molecule has 31 heavy (non-hydrogen) atoms. The van der Waals surface area contributed by atoms with Crippen LogP contribution in [0.5, 0.6) is 0 Å². The van der Waals surface area contributed by atoms with Crippen LogP contribution in [-0.4, -0.2) is 27.0 Å². The Balaban J connectivity index is 1.62. The Bertz CT molecular complexity index is 1330. The van der Waals surface area contributed by atoms with Gasteiger partial charge in [0, 0.05) is 12.1 Å². The number of halogens is 2. The molecule has 1 N–H and O–H groups in total. The van der Waals surface area contributed by atoms with Gasteiger partial charge >= 0.3 is 0 Å². The molecule has 0 radical (unpaired) electrons. The Morgan fingerprint density at radius 1 is 1.00 bits per heavy atom. The molecule has 0 unspecified atom stereocenters. The van der Waals surface area contributed by atoms with Gasteiger partial charge in [-0.15, -0.1) is 0 Å². The third-order valence-corrected chi connectivity index (χ3v) is 5.11. The number of carbonyl (C=O) groups is 1. The van der Waals surface area contributed by atoms with Crippen LogP contribution in [0, 0.1) is 11.6 Å². The van der Waals surface area contributed by atoms with E-state index in [2.05, 4.69) is 4.98 Å². The molecule has 0 saturated heterocycles. The summed E-state index contributed by atoms with van der Waals surface area (Å²) in [5, 5.41) is 9.32. The maximum absolute atomic E-state index is 14.1. The zero-order chi connectivity index (χ0) is 22.0. The fourth-order valence-corrected chi connectivity index (χ4v) is 3.49. The van der Waals surface area contributed by atoms with Crippen LogP contribution in [0.1, 0.15) is 15.9 Å². The second-order valence-corrected chi connectivity index (χ2v) is 7.10. The van der Waals surface area contributed by atoms with Crippen LogP contribution in [0.3, 0.4) is 0 Å². The summed E-state index contributed by atoms with van der Waals surface area (Å²) in [4.78, 5) is 28.8. The number of aliphatic hydroxyl groups is 1. The van der Waals surface area contributed by atoms with Gasteiger partial charge in [0.1, 0.15) is 18.2 Å². The molecular weight excluding hydrogens is 402 g/mol. The van der Waals surface area contributed by atoms with Crippen molar-refractivity contribution in [1.29, 1.82) is 0 Å². The predicted molar refractivity (Wildman–Crippen MR) is 113 cm³/mol. The minimum atomic E-state index is -0.640. The zero-order valence-electron chi connectivity index (χ0n) is 16.4. The van der Waals surface area contributed by atoms with Gasteiger partial charge in [-0.3, -0.25) is 14.2 Å². The van der Waals surface area contributed by atoms with Gasteiger partial charge in [-0.25, -0.2) is 13.8 Å². The summed E-state index contributed by atoms with van der Waals surface area (Å²) >= 11 is 0. The molecule has 3 aromatic carbocycles. The average molecular weight is 420 g/mol. The second kappa shape index (κ2) is 8.57. The van der Waals surface area contributed by atoms with E-state index in [-0.39, 0.29) is 22.1 Å². The molecule has 0 amide bonds. The van der Waals surface area contributed by atoms with E-state index in [9.17, 15) is 18.4 Å². The topological polar surface area (TPSA) is 72.2 Å². The lowest BCUT2D eigenvalue weighted by Gasteiger charge is -2.10. The smallest absolute Gasteiger partial charge is 0.261 e. The molecular formula is C24H18F2N2O3. The Morgan fingerprint density at radius 3 is 2.48 bits per heavy atom. The monoisotopic (exact) mass is 420 g/mol. The number of aryl methyl sites for hydroxylation is 2. The molecule has 0 aliphatic rings. The van der Waals surface area contributed by atoms with E-state index < -0.39 is 24.0 Å². The lowest BCUT2D eigenvalue weighted by Crippen LogP contribution is -2.22. The van der Waals surface area contributed by atoms with E-state index in [4.69, 9.17) is 5.11 Å². The summed E-state index contributed by atoms with van der Waals surface area (Å²) in [7, 11) is 0. The molecule has 156 valence electrons. The Labute approximate surface area is 176 Å². The van der Waals surface area contributed by atoms with Crippen LogP contribution in [0.2, 0.25) is 0 Å². The number of fused-ring (bicyclic) bond motifs is 1. The first-order valence-electron chi connectivity index (χ1n) is 9.64. The molecule has 4 aromatic rings. The summed E-state index contributed by atoms with van der Waals surface area (Å²) in [5.41, 5.74) is 1.52. The quantitative estimate of drug-likeness (QED) is 0.482. The molecule has 0 aliphatic carbocycles. The van der Waals surface area contributed by atoms with Crippen LogP contribution in [0.25, 0.3) is 22.0 Å². The lowest BCUT2D eigenvalue weighted by molar-refractivity contribution is 0.0904. The Hall–Kier alpha value is -3.71. The van der Waals surface area contributed by atoms with Crippen molar-refractivity contribution in [3.8, 4) is 11.1 Å². The fourth-order valence-electron chi connectivity index (χ4n) is 3.49. The third-order valence-electron chi connectivity index (χ3n) is 5.11. The minimum absolute atomic E-state index is 0.0880. The van der Waals surface area contributed by atoms with Gasteiger partial charge in [0.2, 0.25) is 0 Å². The highest BCUT2D eigenvalue weighted by atomic mass is 19.1. The van der Waals surface area contributed by atoms with Crippen LogP contribution in [-0.2, 0) is 13.0 Å². The molecule has 0 atom stereocenters. The number of rotatable bonds is 6. The maximum atomic E-state index is 14.1. The summed E-state index contributed by atoms with van der Waals surface area (Å²) in [6.45, 7) is -0.345. The van der Waals surface area contributed by atoms with E-state index in [0.29, 0.717) is 24.0 Å². The first kappa shape index (κ1) is 20.6. The Morgan fingerprint density at radius 2 is 1.74 bits per heavy atom. The van der Waals surface area contributed by atoms with Crippen molar-refractivity contribution in [2.24, 2.45) is 0 Å². The molecule has 0 spiro atoms. The minimum Gasteiger partial charge on any atom is -0.388 e. The van der Waals surface area contributed by atoms with Crippen molar-refractivity contribution < 1.29 is 18.7 Å². The Kier molecular flexibility index (Phi) is 5.68. The van der Waals surface area contributed by atoms with Gasteiger partial charge in [-0.1, -0.05) is 30.3 Å². The van der Waals surface area contributed by atoms with Crippen molar-refractivity contribution in [3.63, 3.8) is 0 Å². The molecule has 7 heteroatoms. The first-order chi connectivity index (χ1) is 15.0. The molecule has 0 bridgehead atoms. The first-order valence-corrected chi connectivity index (χ1v) is 9.64. The number of aromatic nitrogens is 2. The number of hydrogen-bond donors (Lipinski definition) is 1. The summed E-state index contributed by atoms with van der Waals surface area (Å²) in [5.74, 6) is -1.76. The summed E-state index contributed by atoms with van der Waals surface area (Å²) < 4.78 is 29.6. The molecule has 0 saturated carbocycles. The predicted octanol–water partition coefficient (Wildman–Crippen LogP) is 3.76. The van der Waals surface area contributed by atoms with Crippen LogP contribution in [0.4, 0.5) is 8.78 Å². The zero-order valence-corrected chi connectivity index (χ0v) is 16.4. The van der Waals surface area contributed by atoms with Crippen LogP contribution in [0.15, 0.2) is 71.8 Å². The van der Waals surface area contributed by atoms with Crippen LogP contribution >= 0.6 is 0 Å². The highest BCUT2D eigenvalue weighted by Gasteiger charge is 2.12. The molecule has 1 aromatic heterocycles. The number of carbonyl (C=O) groups excluding carboxylic acids is 1. The van der Waals surface area contributed by atoms with Gasteiger partial charge in [-0.2, -0.15) is 0 Å². The van der Waals surface area contributed by atoms with Gasteiger partial charge in [0.05, 0.1) is 22.8 Å². The van der Waals surface area contributed by atoms with Gasteiger partial charge in [-0.05, 0) is 47.9 Å². The van der Waals surface area contributed by atoms with E-state index in [1.54, 1.807) is 24.3 Å². The number of nitrogens with zero attached hydrogens (tertiary/aromatic N) is 2. The largest absolute Gasteiger partial charge is 0.388 e. The maximum Gasteiger partial charge on any atom is 0.261 e. The molecule has 0 fully saturated rings. The van der Waals surface area contributed by atoms with E-state index in [1.165, 1.54) is 41.2 Å². The molecule has 0 aliphatic heterocycles. The standard InChI is InChI=1S/C24H18F2N2O3/c25-19-5-2-6-20(26)23(19)17-4-1-3-15(11-17)9-10-28-14-27-21-8-7-16(22(30)13-29)12-18(21)24(28)31/h1-8,11-12,14,29H,9-10,13H2. The molecule has 4 rings (SSSR count). The second-order valence-electron chi connectivity index (χ2n) is 7.10. The van der Waals surface area contributed by atoms with Gasteiger partial charge < -0.3 is 5.11 Å². The number of benzene rings is 3. The summed E-state index contributed by atoms with van der Waals surface area (Å²) in [6.07, 6.45) is 1.87. The normalized spacial score (nSPS) is 11.1. The number of aliphatic hydroxyl groups excluding tert-OH is 1. The van der Waals surface area contributed by atoms with Gasteiger partial charge in [0.15, 0.2) is 5.78 Å². The van der Waals surface area contributed by atoms with E-state index in [1.807, 2.05) is 6.07 Å². The van der Waals surface area contributed by atoms with E-state index in [0.717, 1.165) is 5.56 Å². The molecule has 5 nitrogen and oxygen atoms in total. The average Bonchev–Trinajstić information content (AvgIpc) is 2.78. The van der Waals surface area contributed by atoms with Crippen molar-refractivity contribution >= 4 is 16.7 Å². The number of Topliss-reactive ketones (excluding diaryl/α,β-unsaturated/α-hetero) is 1. The highest BCUT2D eigenvalue weighted by molar-refractivity contribution is 5.99. The van der Waals surface area contributed by atoms with Crippen LogP contribution < -0.4 is 5.56 Å². The number of hydrogen-bond acceptors (Lipinski definition) is 4. The third kappa shape index (κ3) is 4.13. The van der Waals surface area contributed by atoms with Crippen molar-refractivity contribution in [3.05, 3.63) is 100 Å².